The van der Waals surface area contributed by atoms with E-state index in [9.17, 15) is 24.6 Å². The van der Waals surface area contributed by atoms with Crippen LogP contribution >= 0.6 is 0 Å². The second-order valence-corrected chi connectivity index (χ2v) is 12.6. The van der Waals surface area contributed by atoms with Gasteiger partial charge in [0.1, 0.15) is 12.2 Å². The third-order valence-corrected chi connectivity index (χ3v) is 9.06. The van der Waals surface area contributed by atoms with Gasteiger partial charge >= 0.3 is 17.9 Å². The highest BCUT2D eigenvalue weighted by Gasteiger charge is 2.38. The number of carboxylic acids is 1. The van der Waals surface area contributed by atoms with Crippen LogP contribution in [0.2, 0.25) is 0 Å². The Morgan fingerprint density at radius 1 is 0.659 bits per heavy atom. The molecule has 0 aromatic rings. The fourth-order valence-corrected chi connectivity index (χ4v) is 6.20. The summed E-state index contributed by atoms with van der Waals surface area (Å²) in [4.78, 5) is 36.8. The van der Waals surface area contributed by atoms with Crippen molar-refractivity contribution in [2.75, 3.05) is 0 Å². The van der Waals surface area contributed by atoms with Crippen LogP contribution in [0.3, 0.4) is 0 Å². The molecule has 3 aliphatic rings. The Kier molecular flexibility index (Phi) is 12.9. The summed E-state index contributed by atoms with van der Waals surface area (Å²) in [5.74, 6) is -2.82. The van der Waals surface area contributed by atoms with Crippen LogP contribution in [0.15, 0.2) is 0 Å². The van der Waals surface area contributed by atoms with E-state index in [1.54, 1.807) is 6.92 Å². The Bertz CT molecular complexity index is 864. The maximum Gasteiger partial charge on any atom is 0.311 e. The van der Waals surface area contributed by atoms with Gasteiger partial charge in [-0.15, -0.1) is 0 Å². The lowest BCUT2D eigenvalue weighted by Crippen LogP contribution is -2.33. The molecule has 2 N–H and O–H groups in total. The number of carbonyl (C=O) groups is 3. The van der Waals surface area contributed by atoms with Crippen LogP contribution in [-0.4, -0.2) is 83.1 Å². The molecule has 0 bridgehead atoms. The van der Waals surface area contributed by atoms with Crippen molar-refractivity contribution in [2.24, 2.45) is 17.8 Å². The van der Waals surface area contributed by atoms with Gasteiger partial charge in [0.15, 0.2) is 0 Å². The summed E-state index contributed by atoms with van der Waals surface area (Å²) in [7, 11) is 0. The van der Waals surface area contributed by atoms with E-state index in [4.69, 9.17) is 23.7 Å². The van der Waals surface area contributed by atoms with Gasteiger partial charge in [0.05, 0.1) is 60.5 Å². The summed E-state index contributed by atoms with van der Waals surface area (Å²) in [6, 6.07) is 0. The third kappa shape index (κ3) is 9.90. The number of esters is 2. The van der Waals surface area contributed by atoms with E-state index in [0.717, 1.165) is 32.1 Å². The molecule has 3 rings (SSSR count). The summed E-state index contributed by atoms with van der Waals surface area (Å²) >= 11 is 0. The number of aliphatic hydroxyl groups is 1. The molecule has 0 unspecified atom stereocenters. The summed E-state index contributed by atoms with van der Waals surface area (Å²) in [6.45, 7) is 11.0. The molecule has 3 heterocycles. The lowest BCUT2D eigenvalue weighted by molar-refractivity contribution is -0.160. The zero-order valence-corrected chi connectivity index (χ0v) is 25.7. The molecule has 236 valence electrons. The molecule has 10 heteroatoms. The van der Waals surface area contributed by atoms with Gasteiger partial charge in [0.2, 0.25) is 0 Å². The van der Waals surface area contributed by atoms with Gasteiger partial charge in [-0.25, -0.2) is 0 Å². The van der Waals surface area contributed by atoms with Crippen LogP contribution in [-0.2, 0) is 38.1 Å². The number of hydrogen-bond acceptors (Lipinski definition) is 9. The molecule has 0 radical (unpaired) electrons. The Balaban J connectivity index is 1.35. The van der Waals surface area contributed by atoms with Gasteiger partial charge < -0.3 is 33.9 Å². The average molecular weight is 585 g/mol. The molecule has 41 heavy (non-hydrogen) atoms. The molecule has 0 aromatic heterocycles. The summed E-state index contributed by atoms with van der Waals surface area (Å²) in [6.07, 6.45) is 4.92. The lowest BCUT2D eigenvalue weighted by Gasteiger charge is -2.25. The van der Waals surface area contributed by atoms with Crippen molar-refractivity contribution in [3.63, 3.8) is 0 Å². The number of ether oxygens (including phenoxy) is 5. The SMILES string of the molecule is CC[C@H](O)C[C@@H]1CC[C@H]([C@@H](C)C(=O)O[C@@H](C)C[C@@H]2CC[C@H]([C@@H](C)C(=O)O[C@@H](C)C[C@@H]3CC[C@H]([C@@H](C)C(=O)O)O3)O2)O1. The zero-order chi connectivity index (χ0) is 30.3. The van der Waals surface area contributed by atoms with E-state index in [2.05, 4.69) is 0 Å². The molecule has 3 saturated heterocycles. The quantitative estimate of drug-likeness (QED) is 0.266. The minimum absolute atomic E-state index is 0.0147. The smallest absolute Gasteiger partial charge is 0.311 e. The van der Waals surface area contributed by atoms with Gasteiger partial charge in [0.25, 0.3) is 0 Å². The van der Waals surface area contributed by atoms with E-state index in [-0.39, 0.29) is 72.8 Å². The first-order chi connectivity index (χ1) is 19.4. The number of rotatable bonds is 15. The molecule has 0 saturated carbocycles. The maximum absolute atomic E-state index is 12.8. The minimum atomic E-state index is -0.863. The number of hydrogen-bond donors (Lipinski definition) is 2. The van der Waals surface area contributed by atoms with Gasteiger partial charge in [-0.3, -0.25) is 14.4 Å². The summed E-state index contributed by atoms with van der Waals surface area (Å²) in [5, 5.41) is 19.1. The molecule has 0 aromatic carbocycles. The molecular formula is C31H52O10. The molecule has 0 aliphatic carbocycles. The van der Waals surface area contributed by atoms with Crippen molar-refractivity contribution in [1.29, 1.82) is 0 Å². The maximum atomic E-state index is 12.8. The molecule has 0 amide bonds. The normalized spacial score (nSPS) is 32.6. The fourth-order valence-electron chi connectivity index (χ4n) is 6.20. The van der Waals surface area contributed by atoms with Crippen molar-refractivity contribution in [3.8, 4) is 0 Å². The molecule has 3 fully saturated rings. The van der Waals surface area contributed by atoms with Crippen molar-refractivity contribution >= 4 is 17.9 Å². The Hall–Kier alpha value is -1.75. The van der Waals surface area contributed by atoms with Gasteiger partial charge in [-0.1, -0.05) is 6.92 Å². The van der Waals surface area contributed by atoms with Gasteiger partial charge in [-0.2, -0.15) is 0 Å². The van der Waals surface area contributed by atoms with E-state index in [1.165, 1.54) is 0 Å². The largest absolute Gasteiger partial charge is 0.481 e. The Morgan fingerprint density at radius 3 is 1.39 bits per heavy atom. The van der Waals surface area contributed by atoms with Crippen LogP contribution in [0, 0.1) is 17.8 Å². The summed E-state index contributed by atoms with van der Waals surface area (Å²) < 4.78 is 29.5. The average Bonchev–Trinajstić information content (AvgIpc) is 3.68. The van der Waals surface area contributed by atoms with Crippen molar-refractivity contribution in [3.05, 3.63) is 0 Å². The molecule has 10 nitrogen and oxygen atoms in total. The highest BCUT2D eigenvalue weighted by molar-refractivity contribution is 5.73. The number of aliphatic carboxylic acids is 1. The van der Waals surface area contributed by atoms with Crippen LogP contribution in [0.5, 0.6) is 0 Å². The monoisotopic (exact) mass is 584 g/mol. The van der Waals surface area contributed by atoms with Crippen molar-refractivity contribution in [1.82, 2.24) is 0 Å². The van der Waals surface area contributed by atoms with Crippen molar-refractivity contribution < 1.29 is 48.3 Å². The number of carboxylic acid groups (broad SMARTS) is 1. The van der Waals surface area contributed by atoms with E-state index >= 15 is 0 Å². The van der Waals surface area contributed by atoms with E-state index in [0.29, 0.717) is 32.1 Å². The van der Waals surface area contributed by atoms with E-state index < -0.39 is 17.8 Å². The molecule has 3 aliphatic heterocycles. The van der Waals surface area contributed by atoms with E-state index in [1.807, 2.05) is 34.6 Å². The summed E-state index contributed by atoms with van der Waals surface area (Å²) in [5.41, 5.74) is 0. The predicted molar refractivity (Wildman–Crippen MR) is 150 cm³/mol. The minimum Gasteiger partial charge on any atom is -0.481 e. The van der Waals surface area contributed by atoms with Gasteiger partial charge in [0, 0.05) is 12.8 Å². The highest BCUT2D eigenvalue weighted by atomic mass is 16.6. The second kappa shape index (κ2) is 15.6. The van der Waals surface area contributed by atoms with Crippen LogP contribution in [0.1, 0.15) is 106 Å². The Labute approximate surface area is 244 Å². The molecule has 12 atom stereocenters. The van der Waals surface area contributed by atoms with Crippen molar-refractivity contribution in [2.45, 2.75) is 161 Å². The first kappa shape index (κ1) is 33.7. The fraction of sp³-hybridized carbons (Fsp3) is 0.903. The van der Waals surface area contributed by atoms with Gasteiger partial charge in [-0.05, 0) is 86.0 Å². The van der Waals surface area contributed by atoms with Crippen LogP contribution in [0.4, 0.5) is 0 Å². The lowest BCUT2D eigenvalue weighted by atomic mass is 10.0. The van der Waals surface area contributed by atoms with Crippen LogP contribution in [0.25, 0.3) is 0 Å². The molecular weight excluding hydrogens is 532 g/mol. The van der Waals surface area contributed by atoms with Crippen LogP contribution < -0.4 is 0 Å². The number of carbonyl (C=O) groups excluding carboxylic acids is 2. The third-order valence-electron chi connectivity index (χ3n) is 9.06. The number of aliphatic hydroxyl groups excluding tert-OH is 1. The predicted octanol–water partition coefficient (Wildman–Crippen LogP) is 4.43. The standard InChI is InChI=1S/C31H52O10/c1-7-22(32)16-25-10-13-28(41-25)21(6)31(36)38-18(3)15-24-9-12-27(40-24)20(5)30(35)37-17(2)14-23-8-11-26(39-23)19(4)29(33)34/h17-28,32H,7-16H2,1-6H3,(H,33,34)/t17-,18-,19+,20+,21+,22-,23-,24-,25-,26+,27+,28+/m0/s1. The molecule has 0 spiro atoms. The second-order valence-electron chi connectivity index (χ2n) is 12.6. The Morgan fingerprint density at radius 2 is 1.02 bits per heavy atom. The first-order valence-corrected chi connectivity index (χ1v) is 15.7. The zero-order valence-electron chi connectivity index (χ0n) is 25.7. The topological polar surface area (TPSA) is 138 Å². The first-order valence-electron chi connectivity index (χ1n) is 15.7. The highest BCUT2D eigenvalue weighted by Crippen LogP contribution is 2.32.